The molecule has 1 aromatic carbocycles. The van der Waals surface area contributed by atoms with Gasteiger partial charge in [-0.1, -0.05) is 15.9 Å². The molecular formula is C13H12Br2N2O2. The molecule has 0 bridgehead atoms. The Morgan fingerprint density at radius 1 is 1.21 bits per heavy atom. The van der Waals surface area contributed by atoms with E-state index in [1.165, 1.54) is 0 Å². The first-order chi connectivity index (χ1) is 9.10. The van der Waals surface area contributed by atoms with Gasteiger partial charge in [-0.15, -0.1) is 0 Å². The van der Waals surface area contributed by atoms with Crippen molar-refractivity contribution in [3.63, 3.8) is 0 Å². The molecule has 0 unspecified atom stereocenters. The van der Waals surface area contributed by atoms with Gasteiger partial charge < -0.3 is 15.2 Å². The van der Waals surface area contributed by atoms with Crippen molar-refractivity contribution in [3.05, 3.63) is 39.3 Å². The summed E-state index contributed by atoms with van der Waals surface area (Å²) in [5.41, 5.74) is 6.25. The Balaban J connectivity index is 2.25. The number of ether oxygens (including phenoxy) is 2. The summed E-state index contributed by atoms with van der Waals surface area (Å²) in [6, 6.07) is 9.04. The molecule has 0 radical (unpaired) electrons. The number of halogens is 2. The van der Waals surface area contributed by atoms with Crippen LogP contribution >= 0.6 is 31.9 Å². The normalized spacial score (nSPS) is 10.3. The standard InChI is InChI=1S/C13H12Br2N2O2/c1-2-18-13-10(16)4-6-12(17-13)19-11-5-3-8(14)7-9(11)15/h3-7H,2,16H2,1H3. The molecule has 1 aromatic heterocycles. The van der Waals surface area contributed by atoms with E-state index in [9.17, 15) is 0 Å². The molecule has 100 valence electrons. The maximum absolute atomic E-state index is 5.76. The van der Waals surface area contributed by atoms with Crippen molar-refractivity contribution < 1.29 is 9.47 Å². The first kappa shape index (κ1) is 14.1. The minimum absolute atomic E-state index is 0.383. The summed E-state index contributed by atoms with van der Waals surface area (Å²) in [7, 11) is 0. The minimum Gasteiger partial charge on any atom is -0.476 e. The molecule has 0 saturated heterocycles. The first-order valence-electron chi connectivity index (χ1n) is 5.62. The average molecular weight is 388 g/mol. The molecule has 0 aliphatic rings. The molecule has 0 aliphatic carbocycles. The van der Waals surface area contributed by atoms with Crippen molar-refractivity contribution in [2.75, 3.05) is 12.3 Å². The van der Waals surface area contributed by atoms with Gasteiger partial charge in [0.1, 0.15) is 5.75 Å². The molecule has 2 aromatic rings. The van der Waals surface area contributed by atoms with Gasteiger partial charge in [0.05, 0.1) is 16.8 Å². The number of hydrogen-bond acceptors (Lipinski definition) is 4. The van der Waals surface area contributed by atoms with E-state index in [2.05, 4.69) is 36.8 Å². The summed E-state index contributed by atoms with van der Waals surface area (Å²) >= 11 is 6.82. The first-order valence-corrected chi connectivity index (χ1v) is 7.21. The van der Waals surface area contributed by atoms with E-state index < -0.39 is 0 Å². The maximum atomic E-state index is 5.76. The fraction of sp³-hybridized carbons (Fsp3) is 0.154. The molecule has 0 fully saturated rings. The fourth-order valence-electron chi connectivity index (χ4n) is 1.41. The molecule has 0 atom stereocenters. The number of rotatable bonds is 4. The van der Waals surface area contributed by atoms with Gasteiger partial charge in [-0.2, -0.15) is 4.98 Å². The Hall–Kier alpha value is -1.27. The highest BCUT2D eigenvalue weighted by molar-refractivity contribution is 9.11. The summed E-state index contributed by atoms with van der Waals surface area (Å²) in [5.74, 6) is 1.48. The second-order valence-corrected chi connectivity index (χ2v) is 5.42. The van der Waals surface area contributed by atoms with Crippen molar-refractivity contribution in [1.29, 1.82) is 0 Å². The summed E-state index contributed by atoms with van der Waals surface area (Å²) < 4.78 is 12.8. The summed E-state index contributed by atoms with van der Waals surface area (Å²) in [6.45, 7) is 2.38. The predicted octanol–water partition coefficient (Wildman–Crippen LogP) is 4.38. The van der Waals surface area contributed by atoms with Crippen LogP contribution in [-0.4, -0.2) is 11.6 Å². The highest BCUT2D eigenvalue weighted by Crippen LogP contribution is 2.32. The maximum Gasteiger partial charge on any atom is 0.240 e. The molecule has 0 aliphatic heterocycles. The molecule has 0 spiro atoms. The number of nitrogen functional groups attached to an aromatic ring is 1. The highest BCUT2D eigenvalue weighted by Gasteiger charge is 2.08. The molecule has 1 heterocycles. The summed E-state index contributed by atoms with van der Waals surface area (Å²) in [5, 5.41) is 0. The quantitative estimate of drug-likeness (QED) is 0.845. The fourth-order valence-corrected chi connectivity index (χ4v) is 2.54. The third-order valence-corrected chi connectivity index (χ3v) is 3.37. The van der Waals surface area contributed by atoms with Crippen molar-refractivity contribution in [2.45, 2.75) is 6.92 Å². The third-order valence-electron chi connectivity index (χ3n) is 2.25. The molecule has 19 heavy (non-hydrogen) atoms. The Labute approximate surface area is 128 Å². The lowest BCUT2D eigenvalue weighted by molar-refractivity contribution is 0.323. The van der Waals surface area contributed by atoms with Crippen molar-refractivity contribution >= 4 is 37.5 Å². The van der Waals surface area contributed by atoms with Crippen molar-refractivity contribution in [1.82, 2.24) is 4.98 Å². The summed E-state index contributed by atoms with van der Waals surface area (Å²) in [6.07, 6.45) is 0. The van der Waals surface area contributed by atoms with Crippen LogP contribution in [0.25, 0.3) is 0 Å². The zero-order valence-corrected chi connectivity index (χ0v) is 13.4. The van der Waals surface area contributed by atoms with Crippen LogP contribution in [0.2, 0.25) is 0 Å². The van der Waals surface area contributed by atoms with Crippen LogP contribution in [0.4, 0.5) is 5.69 Å². The Morgan fingerprint density at radius 2 is 2.00 bits per heavy atom. The van der Waals surface area contributed by atoms with E-state index >= 15 is 0 Å². The van der Waals surface area contributed by atoms with Gasteiger partial charge in [0.25, 0.3) is 0 Å². The number of hydrogen-bond donors (Lipinski definition) is 1. The van der Waals surface area contributed by atoms with Gasteiger partial charge in [-0.3, -0.25) is 0 Å². The van der Waals surface area contributed by atoms with Crippen LogP contribution in [0.5, 0.6) is 17.5 Å². The van der Waals surface area contributed by atoms with Gasteiger partial charge in [-0.25, -0.2) is 0 Å². The Morgan fingerprint density at radius 3 is 2.68 bits per heavy atom. The third kappa shape index (κ3) is 3.61. The van der Waals surface area contributed by atoms with Crippen LogP contribution in [-0.2, 0) is 0 Å². The van der Waals surface area contributed by atoms with Crippen LogP contribution in [0.15, 0.2) is 39.3 Å². The minimum atomic E-state index is 0.383. The number of pyridine rings is 1. The largest absolute Gasteiger partial charge is 0.476 e. The van der Waals surface area contributed by atoms with E-state index in [4.69, 9.17) is 15.2 Å². The molecule has 0 saturated carbocycles. The number of nitrogens with two attached hydrogens (primary N) is 1. The summed E-state index contributed by atoms with van der Waals surface area (Å²) in [4.78, 5) is 4.22. The lowest BCUT2D eigenvalue weighted by atomic mass is 10.3. The lowest BCUT2D eigenvalue weighted by Crippen LogP contribution is -2.00. The van der Waals surface area contributed by atoms with Gasteiger partial charge >= 0.3 is 0 Å². The van der Waals surface area contributed by atoms with Crippen LogP contribution in [0.1, 0.15) is 6.92 Å². The van der Waals surface area contributed by atoms with Gasteiger partial charge in [0.2, 0.25) is 11.8 Å². The molecular weight excluding hydrogens is 376 g/mol. The van der Waals surface area contributed by atoms with Gasteiger partial charge in [0, 0.05) is 10.5 Å². The van der Waals surface area contributed by atoms with Gasteiger partial charge in [0.15, 0.2) is 0 Å². The number of nitrogens with zero attached hydrogens (tertiary/aromatic N) is 1. The molecule has 0 amide bonds. The predicted molar refractivity (Wildman–Crippen MR) is 81.7 cm³/mol. The van der Waals surface area contributed by atoms with E-state index in [1.54, 1.807) is 12.1 Å². The zero-order valence-electron chi connectivity index (χ0n) is 10.2. The molecule has 2 N–H and O–H groups in total. The molecule has 2 rings (SSSR count). The Bertz CT molecular complexity index is 591. The SMILES string of the molecule is CCOc1nc(Oc2ccc(Br)cc2Br)ccc1N. The van der Waals surface area contributed by atoms with Crippen LogP contribution in [0, 0.1) is 0 Å². The molecule has 4 nitrogen and oxygen atoms in total. The Kier molecular flexibility index (Phi) is 4.66. The lowest BCUT2D eigenvalue weighted by Gasteiger charge is -2.10. The topological polar surface area (TPSA) is 57.4 Å². The average Bonchev–Trinajstić information content (AvgIpc) is 2.37. The second kappa shape index (κ2) is 6.25. The van der Waals surface area contributed by atoms with Crippen LogP contribution in [0.3, 0.4) is 0 Å². The second-order valence-electron chi connectivity index (χ2n) is 3.65. The van der Waals surface area contributed by atoms with Crippen molar-refractivity contribution in [2.24, 2.45) is 0 Å². The van der Waals surface area contributed by atoms with E-state index in [-0.39, 0.29) is 0 Å². The van der Waals surface area contributed by atoms with E-state index in [0.29, 0.717) is 29.8 Å². The van der Waals surface area contributed by atoms with E-state index in [0.717, 1.165) is 8.95 Å². The van der Waals surface area contributed by atoms with E-state index in [1.807, 2.05) is 25.1 Å². The molecule has 6 heteroatoms. The van der Waals surface area contributed by atoms with Gasteiger partial charge in [-0.05, 0) is 47.1 Å². The number of aromatic nitrogens is 1. The highest BCUT2D eigenvalue weighted by atomic mass is 79.9. The zero-order chi connectivity index (χ0) is 13.8. The number of benzene rings is 1. The monoisotopic (exact) mass is 386 g/mol. The van der Waals surface area contributed by atoms with Crippen molar-refractivity contribution in [3.8, 4) is 17.5 Å². The van der Waals surface area contributed by atoms with Crippen LogP contribution < -0.4 is 15.2 Å². The smallest absolute Gasteiger partial charge is 0.240 e. The number of anilines is 1.